The molecule has 1 saturated heterocycles. The average Bonchev–Trinajstić information content (AvgIpc) is 3.37. The lowest BCUT2D eigenvalue weighted by molar-refractivity contribution is -0.338. The largest absolute Gasteiger partial charge is 0.472 e. The monoisotopic (exact) mass is 1070 g/mol. The van der Waals surface area contributed by atoms with Gasteiger partial charge in [-0.3, -0.25) is 18.6 Å². The van der Waals surface area contributed by atoms with E-state index in [9.17, 15) is 59.9 Å². The van der Waals surface area contributed by atoms with E-state index >= 15 is 0 Å². The van der Waals surface area contributed by atoms with Crippen LogP contribution in [0.1, 0.15) is 233 Å². The zero-order valence-electron chi connectivity index (χ0n) is 45.1. The normalized spacial score (nSPS) is 27.1. The molecule has 2 fully saturated rings. The first-order valence-corrected chi connectivity index (χ1v) is 30.2. The summed E-state index contributed by atoms with van der Waals surface area (Å²) in [5.74, 6) is -0.467. The number of phosphoric acid groups is 1. The van der Waals surface area contributed by atoms with Crippen LogP contribution in [0.4, 0.5) is 0 Å². The fourth-order valence-corrected chi connectivity index (χ4v) is 10.6. The summed E-state index contributed by atoms with van der Waals surface area (Å²) in [6, 6.07) is 0. The van der Waals surface area contributed by atoms with Crippen molar-refractivity contribution < 1.29 is 87.9 Å². The Balaban J connectivity index is 1.90. The molecule has 73 heavy (non-hydrogen) atoms. The number of ether oxygens (including phenoxy) is 4. The predicted octanol–water partition coefficient (Wildman–Crippen LogP) is 8.14. The van der Waals surface area contributed by atoms with E-state index in [0.29, 0.717) is 12.8 Å². The van der Waals surface area contributed by atoms with Crippen molar-refractivity contribution in [3.05, 3.63) is 0 Å². The van der Waals surface area contributed by atoms with Crippen molar-refractivity contribution in [1.82, 2.24) is 0 Å². The van der Waals surface area contributed by atoms with Gasteiger partial charge in [-0.05, 0) is 18.8 Å². The molecule has 0 amide bonds. The number of aliphatic hydroxyl groups is 8. The average molecular weight is 1070 g/mol. The van der Waals surface area contributed by atoms with Gasteiger partial charge >= 0.3 is 19.8 Å². The molecule has 0 aromatic heterocycles. The number of carbonyl (C=O) groups excluding carboxylic acids is 2. The SMILES string of the molecule is CCCCCCCCCCCCCCCCCCCC(=O)OC(COC(=O)CCCCCCCCC(C)CCCCCCCC)COP(=O)(O)OC1C(O)C(O)C(O)C(O)C1OC1OC(CO)C(O)C(O)C1O. The minimum atomic E-state index is -5.38. The third-order valence-electron chi connectivity index (χ3n) is 14.5. The molecule has 0 bridgehead atoms. The molecule has 1 aliphatic carbocycles. The van der Waals surface area contributed by atoms with E-state index in [2.05, 4.69) is 20.8 Å². The highest BCUT2D eigenvalue weighted by Gasteiger charge is 2.55. The number of unbranched alkanes of at least 4 members (excludes halogenated alkanes) is 26. The van der Waals surface area contributed by atoms with Crippen LogP contribution < -0.4 is 0 Å². The molecule has 1 saturated carbocycles. The van der Waals surface area contributed by atoms with Crippen LogP contribution in [0.2, 0.25) is 0 Å². The summed E-state index contributed by atoms with van der Waals surface area (Å²) in [4.78, 5) is 36.8. The Morgan fingerprint density at radius 2 is 0.904 bits per heavy atom. The van der Waals surface area contributed by atoms with Crippen LogP contribution in [0.25, 0.3) is 0 Å². The summed E-state index contributed by atoms with van der Waals surface area (Å²) in [6.07, 6.45) is 13.1. The van der Waals surface area contributed by atoms with Gasteiger partial charge in [0.2, 0.25) is 0 Å². The van der Waals surface area contributed by atoms with E-state index in [0.717, 1.165) is 57.3 Å². The molecule has 1 aliphatic heterocycles. The zero-order chi connectivity index (χ0) is 53.9. The second-order valence-electron chi connectivity index (χ2n) is 21.1. The first-order chi connectivity index (χ1) is 35.1. The molecule has 0 aromatic carbocycles. The van der Waals surface area contributed by atoms with Crippen molar-refractivity contribution in [3.8, 4) is 0 Å². The van der Waals surface area contributed by atoms with E-state index in [1.807, 2.05) is 0 Å². The summed E-state index contributed by atoms with van der Waals surface area (Å²) in [7, 11) is -5.38. The maximum absolute atomic E-state index is 13.5. The molecule has 2 aliphatic rings. The molecule has 1 heterocycles. The van der Waals surface area contributed by atoms with Gasteiger partial charge in [0.15, 0.2) is 12.4 Å². The molecule has 0 radical (unpaired) electrons. The smallest absolute Gasteiger partial charge is 0.462 e. The van der Waals surface area contributed by atoms with Crippen molar-refractivity contribution in [1.29, 1.82) is 0 Å². The number of esters is 2. The summed E-state index contributed by atoms with van der Waals surface area (Å²) in [6.45, 7) is 4.62. The highest BCUT2D eigenvalue weighted by molar-refractivity contribution is 7.47. The molecule has 19 heteroatoms. The van der Waals surface area contributed by atoms with E-state index in [1.165, 1.54) is 135 Å². The minimum Gasteiger partial charge on any atom is -0.462 e. The van der Waals surface area contributed by atoms with Crippen molar-refractivity contribution in [2.75, 3.05) is 19.8 Å². The van der Waals surface area contributed by atoms with Crippen molar-refractivity contribution >= 4 is 19.8 Å². The lowest BCUT2D eigenvalue weighted by atomic mass is 9.84. The van der Waals surface area contributed by atoms with Crippen LogP contribution in [0.3, 0.4) is 0 Å². The van der Waals surface area contributed by atoms with Gasteiger partial charge in [-0.25, -0.2) is 4.57 Å². The molecule has 9 N–H and O–H groups in total. The van der Waals surface area contributed by atoms with Gasteiger partial charge in [-0.15, -0.1) is 0 Å². The second-order valence-corrected chi connectivity index (χ2v) is 22.5. The molecule has 2 rings (SSSR count). The van der Waals surface area contributed by atoms with Crippen molar-refractivity contribution in [3.63, 3.8) is 0 Å². The number of aliphatic hydroxyl groups excluding tert-OH is 8. The number of hydrogen-bond acceptors (Lipinski definition) is 17. The summed E-state index contributed by atoms with van der Waals surface area (Å²) in [5.41, 5.74) is 0. The number of rotatable bonds is 45. The van der Waals surface area contributed by atoms with Crippen LogP contribution in [0.5, 0.6) is 0 Å². The Labute approximate surface area is 438 Å². The second kappa shape index (κ2) is 40.8. The predicted molar refractivity (Wildman–Crippen MR) is 277 cm³/mol. The van der Waals surface area contributed by atoms with Gasteiger partial charge in [0.1, 0.15) is 67.6 Å². The van der Waals surface area contributed by atoms with Crippen LogP contribution >= 0.6 is 7.82 Å². The highest BCUT2D eigenvalue weighted by Crippen LogP contribution is 2.48. The summed E-state index contributed by atoms with van der Waals surface area (Å²) < 4.78 is 45.7. The minimum absolute atomic E-state index is 0.0394. The Morgan fingerprint density at radius 3 is 1.36 bits per heavy atom. The number of carbonyl (C=O) groups is 2. The third-order valence-corrected chi connectivity index (χ3v) is 15.4. The standard InChI is InChI=1S/C54H103O18P/c1-4-6-8-10-12-13-14-15-16-17-18-19-20-21-22-28-32-36-44(57)69-41(38-67-43(56)35-31-27-24-23-26-30-34-40(3)33-29-25-11-9-7-5-2)39-68-73(65,66)72-53-50(63)48(61)47(60)49(62)52(53)71-54-51(64)46(59)45(58)42(37-55)70-54/h40-42,45-55,58-64H,4-39H2,1-3H3,(H,65,66). The van der Waals surface area contributed by atoms with Crippen molar-refractivity contribution in [2.45, 2.75) is 306 Å². The molecule has 14 atom stereocenters. The first-order valence-electron chi connectivity index (χ1n) is 28.8. The fraction of sp³-hybridized carbons (Fsp3) is 0.963. The van der Waals surface area contributed by atoms with Crippen LogP contribution in [0, 0.1) is 5.92 Å². The zero-order valence-corrected chi connectivity index (χ0v) is 46.0. The topological polar surface area (TPSA) is 289 Å². The maximum atomic E-state index is 13.5. The van der Waals surface area contributed by atoms with Crippen LogP contribution in [-0.2, 0) is 42.1 Å². The maximum Gasteiger partial charge on any atom is 0.472 e. The lowest BCUT2D eigenvalue weighted by Gasteiger charge is -2.47. The Bertz CT molecular complexity index is 1430. The number of phosphoric ester groups is 1. The van der Waals surface area contributed by atoms with E-state index < -0.39 is 113 Å². The summed E-state index contributed by atoms with van der Waals surface area (Å²) >= 11 is 0. The quantitative estimate of drug-likeness (QED) is 0.0158. The molecule has 0 spiro atoms. The van der Waals surface area contributed by atoms with Crippen LogP contribution in [-0.4, -0.2) is 151 Å². The van der Waals surface area contributed by atoms with Gasteiger partial charge in [-0.1, -0.05) is 207 Å². The lowest BCUT2D eigenvalue weighted by Crippen LogP contribution is -2.67. The van der Waals surface area contributed by atoms with Gasteiger partial charge in [0.05, 0.1) is 13.2 Å². The highest BCUT2D eigenvalue weighted by atomic mass is 31.2. The molecule has 432 valence electrons. The van der Waals surface area contributed by atoms with Crippen LogP contribution in [0.15, 0.2) is 0 Å². The van der Waals surface area contributed by atoms with Gasteiger partial charge in [0, 0.05) is 12.8 Å². The molecule has 0 aromatic rings. The third kappa shape index (κ3) is 29.3. The van der Waals surface area contributed by atoms with Gasteiger partial charge in [0.25, 0.3) is 0 Å². The molecular weight excluding hydrogens is 968 g/mol. The Hall–Kier alpha value is -1.35. The Kier molecular flexibility index (Phi) is 37.9. The Morgan fingerprint density at radius 1 is 0.507 bits per heavy atom. The van der Waals surface area contributed by atoms with E-state index in [-0.39, 0.29) is 12.8 Å². The first kappa shape index (κ1) is 67.8. The molecule has 18 nitrogen and oxygen atoms in total. The fourth-order valence-electron chi connectivity index (χ4n) is 9.66. The van der Waals surface area contributed by atoms with E-state index in [1.54, 1.807) is 0 Å². The van der Waals surface area contributed by atoms with Gasteiger partial charge in [-0.2, -0.15) is 0 Å². The molecular formula is C54H103O18P. The summed E-state index contributed by atoms with van der Waals surface area (Å²) in [5, 5.41) is 83.2. The molecule has 14 unspecified atom stereocenters. The van der Waals surface area contributed by atoms with Crippen molar-refractivity contribution in [2.24, 2.45) is 5.92 Å². The van der Waals surface area contributed by atoms with E-state index in [4.69, 9.17) is 28.0 Å². The number of hydrogen-bond donors (Lipinski definition) is 9. The van der Waals surface area contributed by atoms with Gasteiger partial charge < -0.3 is 64.7 Å².